The van der Waals surface area contributed by atoms with Crippen LogP contribution in [0.5, 0.6) is 0 Å². The maximum absolute atomic E-state index is 5.70. The second kappa shape index (κ2) is 8.72. The second-order valence-electron chi connectivity index (χ2n) is 6.25. The smallest absolute Gasteiger partial charge is 0.0843 e. The Morgan fingerprint density at radius 2 is 1.50 bits per heavy atom. The van der Waals surface area contributed by atoms with Gasteiger partial charge in [0.15, 0.2) is 0 Å². The Hall–Kier alpha value is -1.64. The molecule has 0 unspecified atom stereocenters. The standard InChI is InChI=1S/C20H26OSi/c1-22(2,20-14-8-4-9-15-20)17-11-5-10-16-21-18-19-12-6-3-7-13-19/h3-9,11-15H,10,16-18H2,1-2H3/b11-5-. The Kier molecular flexibility index (Phi) is 6.62. The van der Waals surface area contributed by atoms with Crippen molar-refractivity contribution in [2.45, 2.75) is 32.2 Å². The Labute approximate surface area is 135 Å². The molecule has 2 heteroatoms. The first-order valence-corrected chi connectivity index (χ1v) is 11.2. The first-order chi connectivity index (χ1) is 10.7. The first kappa shape index (κ1) is 16.7. The van der Waals surface area contributed by atoms with Crippen LogP contribution < -0.4 is 5.19 Å². The van der Waals surface area contributed by atoms with Gasteiger partial charge < -0.3 is 4.74 Å². The zero-order chi connectivity index (χ0) is 15.7. The van der Waals surface area contributed by atoms with Gasteiger partial charge in [-0.05, 0) is 18.0 Å². The fraction of sp³-hybridized carbons (Fsp3) is 0.300. The normalized spacial score (nSPS) is 11.9. The molecule has 0 aromatic heterocycles. The number of hydrogen-bond acceptors (Lipinski definition) is 1. The van der Waals surface area contributed by atoms with E-state index in [0.717, 1.165) is 13.0 Å². The quantitative estimate of drug-likeness (QED) is 0.388. The Bertz CT molecular complexity index is 561. The van der Waals surface area contributed by atoms with Crippen LogP contribution in [0, 0.1) is 0 Å². The summed E-state index contributed by atoms with van der Waals surface area (Å²) in [5.74, 6) is 0. The monoisotopic (exact) mass is 310 g/mol. The molecule has 0 fully saturated rings. The lowest BCUT2D eigenvalue weighted by atomic mass is 10.2. The molecule has 0 N–H and O–H groups in total. The highest BCUT2D eigenvalue weighted by atomic mass is 28.3. The maximum atomic E-state index is 5.70. The topological polar surface area (TPSA) is 9.23 Å². The largest absolute Gasteiger partial charge is 0.376 e. The minimum atomic E-state index is -1.33. The van der Waals surface area contributed by atoms with E-state index in [1.165, 1.54) is 16.8 Å². The first-order valence-electron chi connectivity index (χ1n) is 8.01. The van der Waals surface area contributed by atoms with E-state index in [0.29, 0.717) is 6.61 Å². The molecule has 22 heavy (non-hydrogen) atoms. The van der Waals surface area contributed by atoms with Gasteiger partial charge in [0.2, 0.25) is 0 Å². The highest BCUT2D eigenvalue weighted by Gasteiger charge is 2.20. The Morgan fingerprint density at radius 3 is 2.18 bits per heavy atom. The van der Waals surface area contributed by atoms with Crippen molar-refractivity contribution in [3.05, 3.63) is 78.4 Å². The van der Waals surface area contributed by atoms with Crippen LogP contribution in [0.25, 0.3) is 0 Å². The second-order valence-corrected chi connectivity index (χ2v) is 11.0. The SMILES string of the molecule is C[Si](C)(C/C=C\CCOCc1ccccc1)c1ccccc1. The number of allylic oxidation sites excluding steroid dienone is 1. The number of ether oxygens (including phenoxy) is 1. The molecule has 0 atom stereocenters. The molecular weight excluding hydrogens is 284 g/mol. The van der Waals surface area contributed by atoms with Gasteiger partial charge in [-0.3, -0.25) is 0 Å². The van der Waals surface area contributed by atoms with Crippen LogP contribution in [0.2, 0.25) is 19.1 Å². The zero-order valence-electron chi connectivity index (χ0n) is 13.7. The molecule has 0 radical (unpaired) electrons. The van der Waals surface area contributed by atoms with Gasteiger partial charge in [-0.2, -0.15) is 0 Å². The Morgan fingerprint density at radius 1 is 0.864 bits per heavy atom. The third-order valence-corrected chi connectivity index (χ3v) is 7.04. The van der Waals surface area contributed by atoms with Crippen molar-refractivity contribution in [2.75, 3.05) is 6.61 Å². The molecule has 0 heterocycles. The summed E-state index contributed by atoms with van der Waals surface area (Å²) in [6.07, 6.45) is 5.60. The van der Waals surface area contributed by atoms with Crippen LogP contribution in [-0.2, 0) is 11.3 Å². The molecule has 0 aliphatic rings. The van der Waals surface area contributed by atoms with Crippen molar-refractivity contribution < 1.29 is 4.74 Å². The van der Waals surface area contributed by atoms with Gasteiger partial charge >= 0.3 is 0 Å². The average molecular weight is 311 g/mol. The molecule has 2 rings (SSSR count). The van der Waals surface area contributed by atoms with E-state index in [1.54, 1.807) is 0 Å². The third-order valence-electron chi connectivity index (χ3n) is 3.89. The van der Waals surface area contributed by atoms with E-state index in [-0.39, 0.29) is 0 Å². The summed E-state index contributed by atoms with van der Waals surface area (Å²) in [4.78, 5) is 0. The lowest BCUT2D eigenvalue weighted by molar-refractivity contribution is 0.125. The maximum Gasteiger partial charge on any atom is 0.0843 e. The van der Waals surface area contributed by atoms with Gasteiger partial charge in [0.05, 0.1) is 21.3 Å². The van der Waals surface area contributed by atoms with Gasteiger partial charge in [-0.25, -0.2) is 0 Å². The van der Waals surface area contributed by atoms with Crippen LogP contribution in [0.15, 0.2) is 72.8 Å². The molecule has 0 aliphatic carbocycles. The van der Waals surface area contributed by atoms with Crippen LogP contribution in [0.4, 0.5) is 0 Å². The molecule has 0 spiro atoms. The molecule has 2 aromatic rings. The molecule has 0 aliphatic heterocycles. The molecule has 0 saturated carbocycles. The molecular formula is C20H26OSi. The van der Waals surface area contributed by atoms with Crippen LogP contribution in [0.1, 0.15) is 12.0 Å². The lowest BCUT2D eigenvalue weighted by Gasteiger charge is -2.20. The van der Waals surface area contributed by atoms with E-state index in [2.05, 4.69) is 79.8 Å². The third kappa shape index (κ3) is 5.62. The van der Waals surface area contributed by atoms with E-state index >= 15 is 0 Å². The number of benzene rings is 2. The van der Waals surface area contributed by atoms with E-state index < -0.39 is 8.07 Å². The van der Waals surface area contributed by atoms with Gasteiger partial charge in [0, 0.05) is 0 Å². The molecule has 116 valence electrons. The zero-order valence-corrected chi connectivity index (χ0v) is 14.7. The summed E-state index contributed by atoms with van der Waals surface area (Å²) in [5, 5.41) is 1.53. The average Bonchev–Trinajstić information content (AvgIpc) is 2.56. The van der Waals surface area contributed by atoms with Gasteiger partial charge in [-0.1, -0.05) is 91.1 Å². The molecule has 1 nitrogen and oxygen atoms in total. The Balaban J connectivity index is 1.66. The van der Waals surface area contributed by atoms with Crippen molar-refractivity contribution in [1.82, 2.24) is 0 Å². The summed E-state index contributed by atoms with van der Waals surface area (Å²) in [6.45, 7) is 6.36. The van der Waals surface area contributed by atoms with Crippen LogP contribution in [0.3, 0.4) is 0 Å². The van der Waals surface area contributed by atoms with E-state index in [4.69, 9.17) is 4.74 Å². The minimum absolute atomic E-state index is 0.707. The van der Waals surface area contributed by atoms with Crippen LogP contribution in [-0.4, -0.2) is 14.7 Å². The number of rotatable bonds is 8. The summed E-state index contributed by atoms with van der Waals surface area (Å²) < 4.78 is 5.70. The van der Waals surface area contributed by atoms with Gasteiger partial charge in [0.25, 0.3) is 0 Å². The van der Waals surface area contributed by atoms with Crippen molar-refractivity contribution in [3.8, 4) is 0 Å². The van der Waals surface area contributed by atoms with Gasteiger partial charge in [-0.15, -0.1) is 0 Å². The summed E-state index contributed by atoms with van der Waals surface area (Å²) in [6, 6.07) is 22.4. The number of hydrogen-bond donors (Lipinski definition) is 0. The molecule has 0 saturated heterocycles. The predicted molar refractivity (Wildman–Crippen MR) is 98.2 cm³/mol. The van der Waals surface area contributed by atoms with Crippen molar-refractivity contribution in [1.29, 1.82) is 0 Å². The van der Waals surface area contributed by atoms with Crippen molar-refractivity contribution >= 4 is 13.3 Å². The summed E-state index contributed by atoms with van der Waals surface area (Å²) in [7, 11) is -1.33. The van der Waals surface area contributed by atoms with E-state index in [9.17, 15) is 0 Å². The van der Waals surface area contributed by atoms with E-state index in [1.807, 2.05) is 6.07 Å². The van der Waals surface area contributed by atoms with Gasteiger partial charge in [0.1, 0.15) is 0 Å². The fourth-order valence-electron chi connectivity index (χ4n) is 2.42. The highest BCUT2D eigenvalue weighted by Crippen LogP contribution is 2.11. The summed E-state index contributed by atoms with van der Waals surface area (Å²) in [5.41, 5.74) is 1.24. The fourth-order valence-corrected chi connectivity index (χ4v) is 4.51. The predicted octanol–water partition coefficient (Wildman–Crippen LogP) is 4.77. The van der Waals surface area contributed by atoms with Crippen molar-refractivity contribution in [3.63, 3.8) is 0 Å². The van der Waals surface area contributed by atoms with Crippen LogP contribution >= 0.6 is 0 Å². The lowest BCUT2D eigenvalue weighted by Crippen LogP contribution is -2.40. The molecule has 2 aromatic carbocycles. The molecule has 0 amide bonds. The minimum Gasteiger partial charge on any atom is -0.376 e. The molecule has 0 bridgehead atoms. The van der Waals surface area contributed by atoms with Crippen molar-refractivity contribution in [2.24, 2.45) is 0 Å². The summed E-state index contributed by atoms with van der Waals surface area (Å²) >= 11 is 0. The highest BCUT2D eigenvalue weighted by molar-refractivity contribution is 6.90.